The van der Waals surface area contributed by atoms with Crippen LogP contribution in [0.5, 0.6) is 0 Å². The van der Waals surface area contributed by atoms with E-state index in [1.165, 1.54) is 6.07 Å². The van der Waals surface area contributed by atoms with Crippen molar-refractivity contribution in [2.24, 2.45) is 0 Å². The maximum Gasteiger partial charge on any atom is 0.146 e. The maximum atomic E-state index is 14.1. The number of para-hydroxylation sites is 1. The van der Waals surface area contributed by atoms with E-state index in [1.54, 1.807) is 6.07 Å². The number of halogens is 1. The molecule has 0 saturated carbocycles. The zero-order valence-electron chi connectivity index (χ0n) is 12.5. The van der Waals surface area contributed by atoms with E-state index < -0.39 is 0 Å². The van der Waals surface area contributed by atoms with Crippen molar-refractivity contribution in [2.45, 2.75) is 32.9 Å². The Bertz CT molecular complexity index is 396. The molecule has 1 N–H and O–H groups in total. The zero-order valence-corrected chi connectivity index (χ0v) is 12.5. The van der Waals surface area contributed by atoms with Crippen LogP contribution < -0.4 is 10.2 Å². The first-order valence-corrected chi connectivity index (χ1v) is 6.75. The second-order valence-corrected chi connectivity index (χ2v) is 5.03. The molecule has 0 heterocycles. The van der Waals surface area contributed by atoms with E-state index in [4.69, 9.17) is 4.74 Å². The van der Waals surface area contributed by atoms with E-state index in [-0.39, 0.29) is 18.0 Å². The van der Waals surface area contributed by atoms with E-state index in [2.05, 4.69) is 5.32 Å². The fraction of sp³-hybridized carbons (Fsp3) is 0.600. The number of likely N-dealkylation sites (N-methyl/N-ethyl adjacent to an activating group) is 1. The average Bonchev–Trinajstić information content (AvgIpc) is 2.36. The third-order valence-corrected chi connectivity index (χ3v) is 3.18. The average molecular weight is 268 g/mol. The highest BCUT2D eigenvalue weighted by Gasteiger charge is 2.16. The summed E-state index contributed by atoms with van der Waals surface area (Å²) in [6, 6.07) is 5.32. The summed E-state index contributed by atoms with van der Waals surface area (Å²) in [4.78, 5) is 1.92. The smallest absolute Gasteiger partial charge is 0.146 e. The van der Waals surface area contributed by atoms with Crippen LogP contribution in [0.3, 0.4) is 0 Å². The normalized spacial score (nSPS) is 12.8. The molecule has 0 amide bonds. The number of hydrogen-bond donors (Lipinski definition) is 1. The fourth-order valence-electron chi connectivity index (χ4n) is 1.98. The SMILES string of the molecule is CNC(C)c1cccc(F)c1N(C)CCOC(C)C. The van der Waals surface area contributed by atoms with Crippen LogP contribution in [0.1, 0.15) is 32.4 Å². The molecule has 0 bridgehead atoms. The lowest BCUT2D eigenvalue weighted by Gasteiger charge is -2.25. The molecule has 1 atom stereocenters. The van der Waals surface area contributed by atoms with Crippen molar-refractivity contribution in [3.8, 4) is 0 Å². The van der Waals surface area contributed by atoms with E-state index in [0.29, 0.717) is 18.8 Å². The lowest BCUT2D eigenvalue weighted by molar-refractivity contribution is 0.0845. The Morgan fingerprint density at radius 3 is 2.58 bits per heavy atom. The fourth-order valence-corrected chi connectivity index (χ4v) is 1.98. The summed E-state index contributed by atoms with van der Waals surface area (Å²) in [5, 5.41) is 3.15. The van der Waals surface area contributed by atoms with Gasteiger partial charge in [-0.3, -0.25) is 0 Å². The summed E-state index contributed by atoms with van der Waals surface area (Å²) >= 11 is 0. The van der Waals surface area contributed by atoms with E-state index in [1.807, 2.05) is 45.8 Å². The van der Waals surface area contributed by atoms with Gasteiger partial charge >= 0.3 is 0 Å². The molecule has 1 aromatic rings. The third-order valence-electron chi connectivity index (χ3n) is 3.18. The minimum atomic E-state index is -0.188. The highest BCUT2D eigenvalue weighted by Crippen LogP contribution is 2.28. The number of ether oxygens (including phenoxy) is 1. The van der Waals surface area contributed by atoms with Crippen LogP contribution >= 0.6 is 0 Å². The number of anilines is 1. The summed E-state index contributed by atoms with van der Waals surface area (Å²) in [6.45, 7) is 7.28. The zero-order chi connectivity index (χ0) is 14.4. The van der Waals surface area contributed by atoms with Crippen LogP contribution in [0.2, 0.25) is 0 Å². The van der Waals surface area contributed by atoms with E-state index in [0.717, 1.165) is 5.56 Å². The molecule has 1 aromatic carbocycles. The molecule has 0 radical (unpaired) electrons. The maximum absolute atomic E-state index is 14.1. The topological polar surface area (TPSA) is 24.5 Å². The summed E-state index contributed by atoms with van der Waals surface area (Å²) in [5.74, 6) is -0.188. The van der Waals surface area contributed by atoms with Crippen LogP contribution in [0.15, 0.2) is 18.2 Å². The molecule has 108 valence electrons. The molecule has 1 rings (SSSR count). The van der Waals surface area contributed by atoms with Crippen molar-refractivity contribution in [2.75, 3.05) is 32.1 Å². The van der Waals surface area contributed by atoms with Gasteiger partial charge in [0.25, 0.3) is 0 Å². The van der Waals surface area contributed by atoms with Gasteiger partial charge in [-0.25, -0.2) is 4.39 Å². The molecule has 0 aromatic heterocycles. The van der Waals surface area contributed by atoms with Crippen molar-refractivity contribution in [1.82, 2.24) is 5.32 Å². The molecule has 0 saturated heterocycles. The summed E-state index contributed by atoms with van der Waals surface area (Å²) in [5.41, 5.74) is 1.62. The van der Waals surface area contributed by atoms with E-state index >= 15 is 0 Å². The van der Waals surface area contributed by atoms with Gasteiger partial charge < -0.3 is 15.0 Å². The lowest BCUT2D eigenvalue weighted by atomic mass is 10.0. The highest BCUT2D eigenvalue weighted by atomic mass is 19.1. The first kappa shape index (κ1) is 15.9. The summed E-state index contributed by atoms with van der Waals surface area (Å²) in [6.07, 6.45) is 0.199. The summed E-state index contributed by atoms with van der Waals surface area (Å²) < 4.78 is 19.6. The van der Waals surface area contributed by atoms with Crippen molar-refractivity contribution in [1.29, 1.82) is 0 Å². The monoisotopic (exact) mass is 268 g/mol. The standard InChI is InChI=1S/C15H25FN2O/c1-11(2)19-10-9-18(5)15-13(12(3)17-4)7-6-8-14(15)16/h6-8,11-12,17H,9-10H2,1-5H3. The minimum Gasteiger partial charge on any atom is -0.377 e. The molecular formula is C15H25FN2O. The second kappa shape index (κ2) is 7.46. The Kier molecular flexibility index (Phi) is 6.25. The van der Waals surface area contributed by atoms with Gasteiger partial charge in [-0.1, -0.05) is 12.1 Å². The van der Waals surface area contributed by atoms with Gasteiger partial charge in [0.15, 0.2) is 0 Å². The molecule has 0 aliphatic carbocycles. The first-order chi connectivity index (χ1) is 8.97. The molecule has 4 heteroatoms. The first-order valence-electron chi connectivity index (χ1n) is 6.75. The molecule has 0 fully saturated rings. The largest absolute Gasteiger partial charge is 0.377 e. The van der Waals surface area contributed by atoms with Crippen LogP contribution in [0.4, 0.5) is 10.1 Å². The van der Waals surface area contributed by atoms with Gasteiger partial charge in [-0.15, -0.1) is 0 Å². The number of nitrogens with zero attached hydrogens (tertiary/aromatic N) is 1. The molecule has 3 nitrogen and oxygen atoms in total. The number of hydrogen-bond acceptors (Lipinski definition) is 3. The van der Waals surface area contributed by atoms with Gasteiger partial charge in [-0.2, -0.15) is 0 Å². The third kappa shape index (κ3) is 4.48. The van der Waals surface area contributed by atoms with Crippen molar-refractivity contribution in [3.63, 3.8) is 0 Å². The minimum absolute atomic E-state index is 0.110. The van der Waals surface area contributed by atoms with Gasteiger partial charge in [0.05, 0.1) is 18.4 Å². The molecule has 0 aliphatic heterocycles. The Labute approximate surface area is 115 Å². The Morgan fingerprint density at radius 1 is 1.32 bits per heavy atom. The van der Waals surface area contributed by atoms with Crippen LogP contribution in [-0.4, -0.2) is 33.4 Å². The summed E-state index contributed by atoms with van der Waals surface area (Å²) in [7, 11) is 3.77. The second-order valence-electron chi connectivity index (χ2n) is 5.03. The molecule has 0 spiro atoms. The predicted octanol–water partition coefficient (Wildman–Crippen LogP) is 2.97. The quantitative estimate of drug-likeness (QED) is 0.823. The molecule has 1 unspecified atom stereocenters. The Hall–Kier alpha value is -1.13. The number of nitrogens with one attached hydrogen (secondary N) is 1. The molecule has 19 heavy (non-hydrogen) atoms. The van der Waals surface area contributed by atoms with Crippen molar-refractivity contribution >= 4 is 5.69 Å². The number of rotatable bonds is 7. The van der Waals surface area contributed by atoms with Gasteiger partial charge in [-0.05, 0) is 39.4 Å². The van der Waals surface area contributed by atoms with Gasteiger partial charge in [0, 0.05) is 19.6 Å². The Balaban J connectivity index is 2.85. The van der Waals surface area contributed by atoms with Crippen molar-refractivity contribution in [3.05, 3.63) is 29.6 Å². The van der Waals surface area contributed by atoms with Crippen LogP contribution in [0, 0.1) is 5.82 Å². The Morgan fingerprint density at radius 2 is 2.00 bits per heavy atom. The highest BCUT2D eigenvalue weighted by molar-refractivity contribution is 5.55. The molecule has 0 aliphatic rings. The number of benzene rings is 1. The van der Waals surface area contributed by atoms with Gasteiger partial charge in [0.1, 0.15) is 5.82 Å². The van der Waals surface area contributed by atoms with E-state index in [9.17, 15) is 4.39 Å². The van der Waals surface area contributed by atoms with Crippen molar-refractivity contribution < 1.29 is 9.13 Å². The van der Waals surface area contributed by atoms with Gasteiger partial charge in [0.2, 0.25) is 0 Å². The van der Waals surface area contributed by atoms with Crippen LogP contribution in [-0.2, 0) is 4.74 Å². The lowest BCUT2D eigenvalue weighted by Crippen LogP contribution is -2.27. The molecular weight excluding hydrogens is 243 g/mol. The van der Waals surface area contributed by atoms with Crippen LogP contribution in [0.25, 0.3) is 0 Å². The predicted molar refractivity (Wildman–Crippen MR) is 78.2 cm³/mol.